The van der Waals surface area contributed by atoms with Crippen LogP contribution in [0.3, 0.4) is 0 Å². The molecule has 1 unspecified atom stereocenters. The molecule has 0 radical (unpaired) electrons. The largest absolute Gasteiger partial charge is 0.504 e. The molecule has 1 heterocycles. The molecule has 0 amide bonds. The molecule has 2 aromatic rings. The minimum atomic E-state index is -0.318. The van der Waals surface area contributed by atoms with Crippen molar-refractivity contribution in [1.82, 2.24) is 0 Å². The predicted molar refractivity (Wildman–Crippen MR) is 87.6 cm³/mol. The Morgan fingerprint density at radius 3 is 2.42 bits per heavy atom. The third-order valence-electron chi connectivity index (χ3n) is 4.19. The maximum absolute atomic E-state index is 10.3. The molecule has 0 saturated carbocycles. The van der Waals surface area contributed by atoms with Crippen LogP contribution in [-0.4, -0.2) is 31.5 Å². The SMILES string of the molecule is COc1ccc2c(c1O)OC(c1cc(O)c(OC)c(OC)c1)CC2. The summed E-state index contributed by atoms with van der Waals surface area (Å²) in [6.45, 7) is 0. The van der Waals surface area contributed by atoms with Crippen LogP contribution in [-0.2, 0) is 6.42 Å². The summed E-state index contributed by atoms with van der Waals surface area (Å²) in [5.74, 6) is 1.46. The topological polar surface area (TPSA) is 77.4 Å². The standard InChI is InChI=1S/C18H20O6/c1-21-14-7-5-10-4-6-13(24-17(10)16(14)20)11-8-12(19)18(23-3)15(9-11)22-2/h5,7-9,13,19-20H,4,6H2,1-3H3. The molecule has 0 fully saturated rings. The summed E-state index contributed by atoms with van der Waals surface area (Å²) in [5, 5.41) is 20.4. The lowest BCUT2D eigenvalue weighted by Gasteiger charge is -2.28. The average Bonchev–Trinajstić information content (AvgIpc) is 2.61. The van der Waals surface area contributed by atoms with E-state index in [0.29, 0.717) is 23.7 Å². The average molecular weight is 332 g/mol. The van der Waals surface area contributed by atoms with Gasteiger partial charge < -0.3 is 29.2 Å². The molecule has 2 N–H and O–H groups in total. The van der Waals surface area contributed by atoms with Crippen LogP contribution < -0.4 is 18.9 Å². The number of methoxy groups -OCH3 is 3. The zero-order chi connectivity index (χ0) is 17.3. The molecule has 128 valence electrons. The second kappa shape index (κ2) is 6.39. The highest BCUT2D eigenvalue weighted by molar-refractivity contribution is 5.57. The first kappa shape index (κ1) is 16.1. The van der Waals surface area contributed by atoms with E-state index in [1.165, 1.54) is 21.3 Å². The van der Waals surface area contributed by atoms with Gasteiger partial charge in [0, 0.05) is 0 Å². The highest BCUT2D eigenvalue weighted by atomic mass is 16.5. The van der Waals surface area contributed by atoms with Crippen molar-refractivity contribution in [3.63, 3.8) is 0 Å². The number of fused-ring (bicyclic) bond motifs is 1. The van der Waals surface area contributed by atoms with Crippen LogP contribution in [0.2, 0.25) is 0 Å². The number of benzene rings is 2. The monoisotopic (exact) mass is 332 g/mol. The summed E-state index contributed by atoms with van der Waals surface area (Å²) in [5.41, 5.74) is 1.67. The molecule has 1 aliphatic rings. The molecular formula is C18H20O6. The van der Waals surface area contributed by atoms with Crippen LogP contribution in [0, 0.1) is 0 Å². The van der Waals surface area contributed by atoms with E-state index in [9.17, 15) is 10.2 Å². The number of aryl methyl sites for hydroxylation is 1. The molecule has 3 rings (SSSR count). The number of aromatic hydroxyl groups is 2. The first-order chi connectivity index (χ1) is 11.6. The van der Waals surface area contributed by atoms with E-state index in [1.807, 2.05) is 6.07 Å². The number of hydrogen-bond acceptors (Lipinski definition) is 6. The second-order valence-corrected chi connectivity index (χ2v) is 5.53. The normalized spacial score (nSPS) is 16.0. The Morgan fingerprint density at radius 2 is 1.75 bits per heavy atom. The molecule has 0 spiro atoms. The van der Waals surface area contributed by atoms with Crippen molar-refractivity contribution < 1.29 is 29.2 Å². The lowest BCUT2D eigenvalue weighted by molar-refractivity contribution is 0.166. The molecule has 6 heteroatoms. The Kier molecular flexibility index (Phi) is 4.29. The van der Waals surface area contributed by atoms with E-state index in [2.05, 4.69) is 0 Å². The zero-order valence-electron chi connectivity index (χ0n) is 13.8. The molecule has 2 aromatic carbocycles. The van der Waals surface area contributed by atoms with Gasteiger partial charge >= 0.3 is 0 Å². The maximum atomic E-state index is 10.3. The Morgan fingerprint density at radius 1 is 1.00 bits per heavy atom. The molecular weight excluding hydrogens is 312 g/mol. The van der Waals surface area contributed by atoms with Crippen molar-refractivity contribution in [3.05, 3.63) is 35.4 Å². The minimum Gasteiger partial charge on any atom is -0.504 e. The van der Waals surface area contributed by atoms with E-state index < -0.39 is 0 Å². The van der Waals surface area contributed by atoms with E-state index in [-0.39, 0.29) is 23.4 Å². The number of ether oxygens (including phenoxy) is 4. The Bertz CT molecular complexity index is 756. The Labute approximate surface area is 140 Å². The smallest absolute Gasteiger partial charge is 0.203 e. The van der Waals surface area contributed by atoms with Crippen molar-refractivity contribution in [3.8, 4) is 34.5 Å². The van der Waals surface area contributed by atoms with Crippen molar-refractivity contribution in [2.75, 3.05) is 21.3 Å². The van der Waals surface area contributed by atoms with E-state index in [1.54, 1.807) is 18.2 Å². The minimum absolute atomic E-state index is 0.00982. The van der Waals surface area contributed by atoms with Gasteiger partial charge in [-0.2, -0.15) is 0 Å². The number of phenols is 2. The van der Waals surface area contributed by atoms with Gasteiger partial charge in [-0.25, -0.2) is 0 Å². The molecule has 0 aromatic heterocycles. The molecule has 0 saturated heterocycles. The van der Waals surface area contributed by atoms with Crippen molar-refractivity contribution in [1.29, 1.82) is 0 Å². The van der Waals surface area contributed by atoms with E-state index in [0.717, 1.165) is 17.5 Å². The molecule has 24 heavy (non-hydrogen) atoms. The van der Waals surface area contributed by atoms with Crippen LogP contribution in [0.4, 0.5) is 0 Å². The molecule has 0 bridgehead atoms. The third kappa shape index (κ3) is 2.64. The summed E-state index contributed by atoms with van der Waals surface area (Å²) in [6.07, 6.45) is 1.14. The molecule has 6 nitrogen and oxygen atoms in total. The van der Waals surface area contributed by atoms with Gasteiger partial charge in [0.05, 0.1) is 21.3 Å². The summed E-state index contributed by atoms with van der Waals surface area (Å²) < 4.78 is 21.5. The fraction of sp³-hybridized carbons (Fsp3) is 0.333. The van der Waals surface area contributed by atoms with Crippen LogP contribution in [0.15, 0.2) is 24.3 Å². The van der Waals surface area contributed by atoms with Crippen LogP contribution >= 0.6 is 0 Å². The highest BCUT2D eigenvalue weighted by Crippen LogP contribution is 2.47. The van der Waals surface area contributed by atoms with E-state index in [4.69, 9.17) is 18.9 Å². The summed E-state index contributed by atoms with van der Waals surface area (Å²) in [6, 6.07) is 6.97. The molecule has 1 atom stereocenters. The summed E-state index contributed by atoms with van der Waals surface area (Å²) in [4.78, 5) is 0. The van der Waals surface area contributed by atoms with Crippen molar-refractivity contribution in [2.45, 2.75) is 18.9 Å². The lowest BCUT2D eigenvalue weighted by Crippen LogP contribution is -2.15. The Hall–Kier alpha value is -2.76. The van der Waals surface area contributed by atoms with Crippen LogP contribution in [0.25, 0.3) is 0 Å². The van der Waals surface area contributed by atoms with Gasteiger partial charge in [-0.1, -0.05) is 6.07 Å². The number of phenolic OH excluding ortho intramolecular Hbond substituents is 2. The van der Waals surface area contributed by atoms with Gasteiger partial charge in [-0.3, -0.25) is 0 Å². The Balaban J connectivity index is 1.97. The van der Waals surface area contributed by atoms with Crippen LogP contribution in [0.5, 0.6) is 34.5 Å². The van der Waals surface area contributed by atoms with E-state index >= 15 is 0 Å². The van der Waals surface area contributed by atoms with Crippen LogP contribution in [0.1, 0.15) is 23.7 Å². The highest BCUT2D eigenvalue weighted by Gasteiger charge is 2.27. The molecule has 0 aliphatic carbocycles. The van der Waals surface area contributed by atoms with Gasteiger partial charge in [-0.05, 0) is 42.2 Å². The summed E-state index contributed by atoms with van der Waals surface area (Å²) in [7, 11) is 4.47. The van der Waals surface area contributed by atoms with Gasteiger partial charge in [0.15, 0.2) is 23.0 Å². The van der Waals surface area contributed by atoms with Gasteiger partial charge in [0.25, 0.3) is 0 Å². The fourth-order valence-corrected chi connectivity index (χ4v) is 2.96. The van der Waals surface area contributed by atoms with Gasteiger partial charge in [0.1, 0.15) is 6.10 Å². The van der Waals surface area contributed by atoms with Crippen molar-refractivity contribution >= 4 is 0 Å². The maximum Gasteiger partial charge on any atom is 0.203 e. The quantitative estimate of drug-likeness (QED) is 0.895. The first-order valence-electron chi connectivity index (χ1n) is 7.59. The zero-order valence-corrected chi connectivity index (χ0v) is 13.8. The second-order valence-electron chi connectivity index (χ2n) is 5.53. The van der Waals surface area contributed by atoms with Gasteiger partial charge in [-0.15, -0.1) is 0 Å². The first-order valence-corrected chi connectivity index (χ1v) is 7.59. The summed E-state index contributed by atoms with van der Waals surface area (Å²) >= 11 is 0. The molecule has 1 aliphatic heterocycles. The fourth-order valence-electron chi connectivity index (χ4n) is 2.96. The van der Waals surface area contributed by atoms with Gasteiger partial charge in [0.2, 0.25) is 11.5 Å². The third-order valence-corrected chi connectivity index (χ3v) is 4.19. The number of rotatable bonds is 4. The lowest BCUT2D eigenvalue weighted by atomic mass is 9.96. The van der Waals surface area contributed by atoms with Crippen molar-refractivity contribution in [2.24, 2.45) is 0 Å². The predicted octanol–water partition coefficient (Wildman–Crippen LogP) is 3.19. The number of hydrogen-bond donors (Lipinski definition) is 2.